The van der Waals surface area contributed by atoms with E-state index in [0.717, 1.165) is 37.6 Å². The number of nitrogens with zero attached hydrogens (tertiary/aromatic N) is 2. The number of nitrogens with one attached hydrogen (secondary N) is 2. The van der Waals surface area contributed by atoms with E-state index < -0.39 is 0 Å². The molecule has 1 aliphatic rings. The molecule has 2 aromatic rings. The molecular weight excluding hydrogens is 188 g/mol. The van der Waals surface area contributed by atoms with E-state index in [0.29, 0.717) is 0 Å². The van der Waals surface area contributed by atoms with Gasteiger partial charge in [0.05, 0.1) is 11.0 Å². The van der Waals surface area contributed by atoms with Crippen LogP contribution < -0.4 is 10.6 Å². The Morgan fingerprint density at radius 2 is 2.07 bits per heavy atom. The van der Waals surface area contributed by atoms with E-state index in [-0.39, 0.29) is 0 Å². The van der Waals surface area contributed by atoms with Gasteiger partial charge in [-0.3, -0.25) is 0 Å². The second-order valence-corrected chi connectivity index (χ2v) is 3.75. The van der Waals surface area contributed by atoms with E-state index in [1.54, 1.807) is 0 Å². The largest absolute Gasteiger partial charge is 0.354 e. The smallest absolute Gasteiger partial charge is 0.203 e. The van der Waals surface area contributed by atoms with E-state index in [4.69, 9.17) is 0 Å². The zero-order valence-corrected chi connectivity index (χ0v) is 8.53. The number of rotatable bonds is 0. The van der Waals surface area contributed by atoms with Crippen molar-refractivity contribution in [3.63, 3.8) is 0 Å². The molecule has 4 nitrogen and oxygen atoms in total. The molecule has 0 saturated carbocycles. The van der Waals surface area contributed by atoms with Crippen LogP contribution in [0.4, 0.5) is 5.95 Å². The summed E-state index contributed by atoms with van der Waals surface area (Å²) >= 11 is 0. The maximum Gasteiger partial charge on any atom is 0.203 e. The van der Waals surface area contributed by atoms with Gasteiger partial charge in [-0.25, -0.2) is 4.98 Å². The van der Waals surface area contributed by atoms with Gasteiger partial charge in [-0.15, -0.1) is 0 Å². The number of para-hydroxylation sites is 2. The van der Waals surface area contributed by atoms with Crippen molar-refractivity contribution in [3.8, 4) is 0 Å². The fraction of sp³-hybridized carbons (Fsp3) is 0.364. The molecule has 1 aromatic heterocycles. The highest BCUT2D eigenvalue weighted by Gasteiger charge is 2.10. The van der Waals surface area contributed by atoms with Gasteiger partial charge in [0, 0.05) is 26.2 Å². The number of hydrogen-bond acceptors (Lipinski definition) is 3. The van der Waals surface area contributed by atoms with Crippen LogP contribution in [0.2, 0.25) is 0 Å². The summed E-state index contributed by atoms with van der Waals surface area (Å²) in [4.78, 5) is 4.58. The number of imidazole rings is 1. The van der Waals surface area contributed by atoms with Crippen molar-refractivity contribution >= 4 is 17.0 Å². The third-order valence-electron chi connectivity index (χ3n) is 2.75. The van der Waals surface area contributed by atoms with Crippen LogP contribution in [0.15, 0.2) is 24.3 Å². The topological polar surface area (TPSA) is 41.9 Å². The maximum absolute atomic E-state index is 4.58. The second-order valence-electron chi connectivity index (χ2n) is 3.75. The molecule has 2 heterocycles. The van der Waals surface area contributed by atoms with Gasteiger partial charge in [0.1, 0.15) is 0 Å². The van der Waals surface area contributed by atoms with Crippen molar-refractivity contribution in [2.45, 2.75) is 6.54 Å². The Labute approximate surface area is 88.3 Å². The molecule has 0 radical (unpaired) electrons. The number of aromatic nitrogens is 2. The predicted octanol–water partition coefficient (Wildman–Crippen LogP) is 1.05. The summed E-state index contributed by atoms with van der Waals surface area (Å²) in [7, 11) is 0. The third kappa shape index (κ3) is 1.47. The summed E-state index contributed by atoms with van der Waals surface area (Å²) in [6, 6.07) is 8.27. The molecule has 2 N–H and O–H groups in total. The van der Waals surface area contributed by atoms with Gasteiger partial charge < -0.3 is 15.2 Å². The minimum Gasteiger partial charge on any atom is -0.354 e. The van der Waals surface area contributed by atoms with Gasteiger partial charge in [0.2, 0.25) is 5.95 Å². The Hall–Kier alpha value is -1.55. The first-order valence-electron chi connectivity index (χ1n) is 5.35. The fourth-order valence-electron chi connectivity index (χ4n) is 2.02. The van der Waals surface area contributed by atoms with Crippen LogP contribution in [0.5, 0.6) is 0 Å². The summed E-state index contributed by atoms with van der Waals surface area (Å²) in [5.41, 5.74) is 2.28. The summed E-state index contributed by atoms with van der Waals surface area (Å²) in [6.45, 7) is 3.92. The quantitative estimate of drug-likeness (QED) is 0.671. The lowest BCUT2D eigenvalue weighted by molar-refractivity contribution is 0.599. The molecule has 1 aromatic carbocycles. The van der Waals surface area contributed by atoms with Crippen LogP contribution in [0, 0.1) is 0 Å². The van der Waals surface area contributed by atoms with E-state index in [9.17, 15) is 0 Å². The standard InChI is InChI=1S/C11H14N4/c1-2-4-10-9(3-1)14-11-13-6-5-12-7-8-15(10)11/h1-4,12H,5-8H2,(H,13,14). The van der Waals surface area contributed by atoms with Gasteiger partial charge >= 0.3 is 0 Å². The Balaban J connectivity index is 2.15. The van der Waals surface area contributed by atoms with Gasteiger partial charge in [-0.2, -0.15) is 0 Å². The molecular formula is C11H14N4. The Morgan fingerprint density at radius 3 is 3.07 bits per heavy atom. The molecule has 0 spiro atoms. The van der Waals surface area contributed by atoms with Crippen molar-refractivity contribution < 1.29 is 0 Å². The molecule has 0 saturated heterocycles. The molecule has 0 amide bonds. The molecule has 15 heavy (non-hydrogen) atoms. The van der Waals surface area contributed by atoms with Gasteiger partial charge in [-0.05, 0) is 12.1 Å². The SMILES string of the molecule is c1ccc2c(c1)nc1n2CCNCCN1. The van der Waals surface area contributed by atoms with Crippen molar-refractivity contribution in [1.29, 1.82) is 0 Å². The predicted molar refractivity (Wildman–Crippen MR) is 61.1 cm³/mol. The van der Waals surface area contributed by atoms with Crippen molar-refractivity contribution in [2.75, 3.05) is 25.0 Å². The summed E-state index contributed by atoms with van der Waals surface area (Å²) in [5.74, 6) is 0.998. The van der Waals surface area contributed by atoms with Gasteiger partial charge in [0.15, 0.2) is 0 Å². The van der Waals surface area contributed by atoms with E-state index in [1.807, 2.05) is 6.07 Å². The van der Waals surface area contributed by atoms with Crippen LogP contribution in [0.3, 0.4) is 0 Å². The molecule has 4 heteroatoms. The van der Waals surface area contributed by atoms with Crippen LogP contribution >= 0.6 is 0 Å². The van der Waals surface area contributed by atoms with E-state index >= 15 is 0 Å². The summed E-state index contributed by atoms with van der Waals surface area (Å²) < 4.78 is 2.24. The molecule has 78 valence electrons. The maximum atomic E-state index is 4.58. The van der Waals surface area contributed by atoms with Crippen LogP contribution in [-0.4, -0.2) is 29.2 Å². The number of anilines is 1. The Bertz CT molecular complexity index is 474. The highest BCUT2D eigenvalue weighted by molar-refractivity contribution is 5.78. The average molecular weight is 202 g/mol. The zero-order chi connectivity index (χ0) is 10.1. The molecule has 0 fully saturated rings. The molecule has 1 aliphatic heterocycles. The van der Waals surface area contributed by atoms with Crippen LogP contribution in [0.1, 0.15) is 0 Å². The first kappa shape index (κ1) is 8.73. The zero-order valence-electron chi connectivity index (χ0n) is 8.53. The molecule has 0 unspecified atom stereocenters. The lowest BCUT2D eigenvalue weighted by Gasteiger charge is -2.15. The normalized spacial score (nSPS) is 16.5. The van der Waals surface area contributed by atoms with Gasteiger partial charge in [-0.1, -0.05) is 12.1 Å². The monoisotopic (exact) mass is 202 g/mol. The van der Waals surface area contributed by atoms with Gasteiger partial charge in [0.25, 0.3) is 0 Å². The molecule has 0 aliphatic carbocycles. The number of hydrogen-bond donors (Lipinski definition) is 2. The van der Waals surface area contributed by atoms with Crippen molar-refractivity contribution in [2.24, 2.45) is 0 Å². The minimum absolute atomic E-state index is 0.934. The minimum atomic E-state index is 0.934. The Morgan fingerprint density at radius 1 is 1.13 bits per heavy atom. The van der Waals surface area contributed by atoms with E-state index in [1.165, 1.54) is 5.52 Å². The second kappa shape index (κ2) is 3.55. The molecule has 0 bridgehead atoms. The third-order valence-corrected chi connectivity index (χ3v) is 2.75. The highest BCUT2D eigenvalue weighted by Crippen LogP contribution is 2.19. The summed E-state index contributed by atoms with van der Waals surface area (Å²) in [5, 5.41) is 6.72. The average Bonchev–Trinajstić information content (AvgIpc) is 2.55. The molecule has 3 rings (SSSR count). The number of fused-ring (bicyclic) bond motifs is 3. The van der Waals surface area contributed by atoms with Crippen LogP contribution in [-0.2, 0) is 6.54 Å². The summed E-state index contributed by atoms with van der Waals surface area (Å²) in [6.07, 6.45) is 0. The Kier molecular flexibility index (Phi) is 2.07. The van der Waals surface area contributed by atoms with Crippen molar-refractivity contribution in [3.05, 3.63) is 24.3 Å². The first-order valence-corrected chi connectivity index (χ1v) is 5.35. The van der Waals surface area contributed by atoms with Crippen molar-refractivity contribution in [1.82, 2.24) is 14.9 Å². The lowest BCUT2D eigenvalue weighted by Crippen LogP contribution is -2.29. The molecule has 0 atom stereocenters. The highest BCUT2D eigenvalue weighted by atomic mass is 15.2. The lowest BCUT2D eigenvalue weighted by atomic mass is 10.3. The van der Waals surface area contributed by atoms with Crippen LogP contribution in [0.25, 0.3) is 11.0 Å². The first-order chi connectivity index (χ1) is 7.45. The fourth-order valence-corrected chi connectivity index (χ4v) is 2.02. The number of benzene rings is 1. The van der Waals surface area contributed by atoms with E-state index in [2.05, 4.69) is 38.4 Å².